The zero-order valence-corrected chi connectivity index (χ0v) is 13.6. The van der Waals surface area contributed by atoms with Gasteiger partial charge in [0.05, 0.1) is 5.02 Å². The van der Waals surface area contributed by atoms with E-state index in [1.54, 1.807) is 18.5 Å². The van der Waals surface area contributed by atoms with Gasteiger partial charge in [-0.3, -0.25) is 0 Å². The predicted molar refractivity (Wildman–Crippen MR) is 84.5 cm³/mol. The second kappa shape index (κ2) is 5.58. The first kappa shape index (κ1) is 14.8. The highest BCUT2D eigenvalue weighted by Crippen LogP contribution is 2.34. The number of hydrogen-bond donors (Lipinski definition) is 2. The summed E-state index contributed by atoms with van der Waals surface area (Å²) in [5.41, 5.74) is 1.53. The number of nitrogens with zero attached hydrogens (tertiary/aromatic N) is 1. The van der Waals surface area contributed by atoms with Gasteiger partial charge in [-0.05, 0) is 23.8 Å². The number of pyridine rings is 1. The van der Waals surface area contributed by atoms with Gasteiger partial charge in [-0.15, -0.1) is 11.3 Å². The van der Waals surface area contributed by atoms with Crippen molar-refractivity contribution in [2.75, 3.05) is 0 Å². The van der Waals surface area contributed by atoms with Crippen molar-refractivity contribution in [1.29, 1.82) is 0 Å². The van der Waals surface area contributed by atoms with Gasteiger partial charge in [0.15, 0.2) is 0 Å². The van der Waals surface area contributed by atoms with Gasteiger partial charge in [0, 0.05) is 24.3 Å². The zero-order chi connectivity index (χ0) is 15.0. The van der Waals surface area contributed by atoms with E-state index in [2.05, 4.69) is 14.7 Å². The van der Waals surface area contributed by atoms with Crippen LogP contribution >= 0.6 is 34.5 Å². The fraction of sp³-hybridized carbons (Fsp3) is 0.0833. The molecule has 0 fully saturated rings. The van der Waals surface area contributed by atoms with Crippen molar-refractivity contribution in [1.82, 2.24) is 14.7 Å². The topological polar surface area (TPSA) is 74.8 Å². The first-order valence-electron chi connectivity index (χ1n) is 5.83. The summed E-state index contributed by atoms with van der Waals surface area (Å²) in [6.45, 7) is 0.154. The summed E-state index contributed by atoms with van der Waals surface area (Å²) in [4.78, 5) is 7.15. The Morgan fingerprint density at radius 2 is 2.19 bits per heavy atom. The monoisotopic (exact) mass is 361 g/mol. The van der Waals surface area contributed by atoms with Crippen molar-refractivity contribution >= 4 is 55.6 Å². The van der Waals surface area contributed by atoms with Crippen LogP contribution in [0.1, 0.15) is 5.56 Å². The maximum absolute atomic E-state index is 12.2. The number of rotatable bonds is 4. The second-order valence-electron chi connectivity index (χ2n) is 4.23. The maximum Gasteiger partial charge on any atom is 0.250 e. The Bertz CT molecular complexity index is 883. The van der Waals surface area contributed by atoms with Gasteiger partial charge in [0.25, 0.3) is 0 Å². The Morgan fingerprint density at radius 3 is 2.90 bits per heavy atom. The number of halogens is 2. The molecular weight excluding hydrogens is 353 g/mol. The number of aromatic amines is 1. The molecule has 0 atom stereocenters. The molecule has 2 N–H and O–H groups in total. The normalized spacial score (nSPS) is 12.1. The van der Waals surface area contributed by atoms with Crippen LogP contribution in [0.5, 0.6) is 0 Å². The molecule has 9 heteroatoms. The van der Waals surface area contributed by atoms with E-state index in [1.165, 1.54) is 6.07 Å². The second-order valence-corrected chi connectivity index (χ2v) is 8.28. The summed E-state index contributed by atoms with van der Waals surface area (Å²) in [6.07, 6.45) is 3.40. The van der Waals surface area contributed by atoms with Crippen LogP contribution in [-0.4, -0.2) is 18.4 Å². The molecule has 110 valence electrons. The molecule has 0 saturated carbocycles. The van der Waals surface area contributed by atoms with Gasteiger partial charge >= 0.3 is 0 Å². The molecule has 0 aliphatic rings. The molecule has 21 heavy (non-hydrogen) atoms. The lowest BCUT2D eigenvalue weighted by atomic mass is 10.2. The molecule has 0 bridgehead atoms. The van der Waals surface area contributed by atoms with Crippen molar-refractivity contribution in [3.05, 3.63) is 45.5 Å². The molecule has 0 amide bonds. The molecule has 3 heterocycles. The van der Waals surface area contributed by atoms with E-state index < -0.39 is 10.0 Å². The average molecular weight is 362 g/mol. The highest BCUT2D eigenvalue weighted by Gasteiger charge is 2.19. The van der Waals surface area contributed by atoms with Crippen LogP contribution in [0.3, 0.4) is 0 Å². The molecule has 0 aromatic carbocycles. The minimum absolute atomic E-state index is 0.0930. The summed E-state index contributed by atoms with van der Waals surface area (Å²) >= 11 is 12.5. The lowest BCUT2D eigenvalue weighted by Crippen LogP contribution is -2.22. The van der Waals surface area contributed by atoms with Crippen LogP contribution < -0.4 is 4.72 Å². The Labute approximate surface area is 135 Å². The molecule has 0 spiro atoms. The van der Waals surface area contributed by atoms with Gasteiger partial charge in [0.1, 0.15) is 14.2 Å². The SMILES string of the molecule is O=S(=O)(NCc1c[nH]c2ncccc12)c1cc(Cl)c(Cl)s1. The largest absolute Gasteiger partial charge is 0.346 e. The molecule has 3 rings (SSSR count). The van der Waals surface area contributed by atoms with Crippen molar-refractivity contribution in [3.63, 3.8) is 0 Å². The zero-order valence-electron chi connectivity index (χ0n) is 10.4. The fourth-order valence-corrected chi connectivity index (χ4v) is 4.79. The number of sulfonamides is 1. The number of H-pyrrole nitrogens is 1. The summed E-state index contributed by atoms with van der Waals surface area (Å²) in [7, 11) is -3.64. The number of hydrogen-bond acceptors (Lipinski definition) is 4. The van der Waals surface area contributed by atoms with Gasteiger partial charge < -0.3 is 4.98 Å². The highest BCUT2D eigenvalue weighted by molar-refractivity contribution is 7.91. The van der Waals surface area contributed by atoms with E-state index in [0.29, 0.717) is 5.65 Å². The molecule has 0 radical (unpaired) electrons. The van der Waals surface area contributed by atoms with E-state index in [1.807, 2.05) is 6.07 Å². The van der Waals surface area contributed by atoms with Gasteiger partial charge in [0.2, 0.25) is 10.0 Å². The summed E-state index contributed by atoms with van der Waals surface area (Å²) in [6, 6.07) is 5.02. The Kier molecular flexibility index (Phi) is 3.94. The Hall–Kier alpha value is -1.12. The summed E-state index contributed by atoms with van der Waals surface area (Å²) < 4.78 is 27.2. The molecule has 3 aromatic heterocycles. The minimum Gasteiger partial charge on any atom is -0.346 e. The van der Waals surface area contributed by atoms with Gasteiger partial charge in [-0.2, -0.15) is 0 Å². The van der Waals surface area contributed by atoms with Crippen LogP contribution in [0.2, 0.25) is 9.36 Å². The van der Waals surface area contributed by atoms with Crippen molar-refractivity contribution in [2.45, 2.75) is 10.8 Å². The number of nitrogens with one attached hydrogen (secondary N) is 2. The summed E-state index contributed by atoms with van der Waals surface area (Å²) in [5, 5.41) is 1.11. The van der Waals surface area contributed by atoms with Crippen molar-refractivity contribution < 1.29 is 8.42 Å². The van der Waals surface area contributed by atoms with E-state index in [0.717, 1.165) is 22.3 Å². The molecular formula is C12H9Cl2N3O2S2. The standard InChI is InChI=1S/C12H9Cl2N3O2S2/c13-9-4-10(20-11(9)14)21(18,19)17-6-7-5-16-12-8(7)2-1-3-15-12/h1-5,17H,6H2,(H,15,16). The highest BCUT2D eigenvalue weighted by atomic mass is 35.5. The lowest BCUT2D eigenvalue weighted by molar-refractivity contribution is 0.583. The van der Waals surface area contributed by atoms with Crippen LogP contribution in [0, 0.1) is 0 Å². The number of thiophene rings is 1. The van der Waals surface area contributed by atoms with Crippen LogP contribution in [0.4, 0.5) is 0 Å². The Balaban J connectivity index is 1.83. The number of fused-ring (bicyclic) bond motifs is 1. The van der Waals surface area contributed by atoms with Crippen LogP contribution in [0.15, 0.2) is 34.8 Å². The smallest absolute Gasteiger partial charge is 0.250 e. The van der Waals surface area contributed by atoms with Crippen LogP contribution in [-0.2, 0) is 16.6 Å². The maximum atomic E-state index is 12.2. The third-order valence-electron chi connectivity index (χ3n) is 2.88. The third kappa shape index (κ3) is 2.93. The van der Waals surface area contributed by atoms with E-state index in [-0.39, 0.29) is 20.1 Å². The minimum atomic E-state index is -3.64. The molecule has 0 aliphatic heterocycles. The Morgan fingerprint density at radius 1 is 1.38 bits per heavy atom. The number of aromatic nitrogens is 2. The van der Waals surface area contributed by atoms with Crippen molar-refractivity contribution in [3.8, 4) is 0 Å². The predicted octanol–water partition coefficient (Wildman–Crippen LogP) is 3.41. The fourth-order valence-electron chi connectivity index (χ4n) is 1.86. The van der Waals surface area contributed by atoms with E-state index >= 15 is 0 Å². The lowest BCUT2D eigenvalue weighted by Gasteiger charge is -2.03. The van der Waals surface area contributed by atoms with E-state index in [4.69, 9.17) is 23.2 Å². The molecule has 0 unspecified atom stereocenters. The first-order valence-corrected chi connectivity index (χ1v) is 8.88. The summed E-state index contributed by atoms with van der Waals surface area (Å²) in [5.74, 6) is 0. The van der Waals surface area contributed by atoms with E-state index in [9.17, 15) is 8.42 Å². The third-order valence-corrected chi connectivity index (χ3v) is 6.62. The quantitative estimate of drug-likeness (QED) is 0.747. The molecule has 0 aliphatic carbocycles. The molecule has 3 aromatic rings. The van der Waals surface area contributed by atoms with Gasteiger partial charge in [-0.1, -0.05) is 23.2 Å². The molecule has 5 nitrogen and oxygen atoms in total. The molecule has 0 saturated heterocycles. The van der Waals surface area contributed by atoms with Crippen molar-refractivity contribution in [2.24, 2.45) is 0 Å². The average Bonchev–Trinajstić information content (AvgIpc) is 3.02. The van der Waals surface area contributed by atoms with Crippen LogP contribution in [0.25, 0.3) is 11.0 Å². The van der Waals surface area contributed by atoms with Gasteiger partial charge in [-0.25, -0.2) is 18.1 Å². The first-order chi connectivity index (χ1) is 9.97.